The Labute approximate surface area is 99.9 Å². The van der Waals surface area contributed by atoms with Gasteiger partial charge in [-0.05, 0) is 12.8 Å². The second kappa shape index (κ2) is 9.44. The molecule has 0 amide bonds. The molecule has 1 heterocycles. The zero-order valence-corrected chi connectivity index (χ0v) is 10.6. The van der Waals surface area contributed by atoms with Crippen LogP contribution in [0.2, 0.25) is 0 Å². The summed E-state index contributed by atoms with van der Waals surface area (Å²) < 4.78 is 0. The van der Waals surface area contributed by atoms with Gasteiger partial charge in [0.15, 0.2) is 0 Å². The van der Waals surface area contributed by atoms with Crippen LogP contribution in [0, 0.1) is 0 Å². The normalized spacial score (nSPS) is 10.8. The van der Waals surface area contributed by atoms with Crippen LogP contribution in [0.5, 0.6) is 0 Å². The van der Waals surface area contributed by atoms with E-state index in [1.165, 1.54) is 57.8 Å². The van der Waals surface area contributed by atoms with Crippen LogP contribution < -0.4 is 4.98 Å². The van der Waals surface area contributed by atoms with Gasteiger partial charge in [-0.1, -0.05) is 76.5 Å². The van der Waals surface area contributed by atoms with Gasteiger partial charge in [-0.3, -0.25) is 0 Å². The van der Waals surface area contributed by atoms with Gasteiger partial charge in [-0.25, -0.2) is 0 Å². The largest absolute Gasteiger partial charge is 0.446 e. The molecule has 0 bridgehead atoms. The van der Waals surface area contributed by atoms with Crippen LogP contribution in [0.3, 0.4) is 0 Å². The van der Waals surface area contributed by atoms with Crippen molar-refractivity contribution in [1.29, 1.82) is 0 Å². The number of hydrogen-bond donors (Lipinski definition) is 0. The van der Waals surface area contributed by atoms with Gasteiger partial charge in [0.25, 0.3) is 0 Å². The van der Waals surface area contributed by atoms with E-state index in [1.54, 1.807) is 12.4 Å². The Kier molecular flexibility index (Phi) is 7.83. The maximum Gasteiger partial charge on any atom is -0.0358 e. The molecule has 0 aliphatic heterocycles. The average molecular weight is 221 g/mol. The summed E-state index contributed by atoms with van der Waals surface area (Å²) in [5.74, 6) is 1.02. The Morgan fingerprint density at radius 2 is 1.56 bits per heavy atom. The second-order valence-corrected chi connectivity index (χ2v) is 4.55. The lowest BCUT2D eigenvalue weighted by molar-refractivity contribution is 0.562. The molecule has 0 saturated heterocycles. The number of hydrogen-bond acceptors (Lipinski definition) is 1. The Hall–Kier alpha value is -0.790. The van der Waals surface area contributed by atoms with Crippen molar-refractivity contribution in [1.82, 2.24) is 9.97 Å². The lowest BCUT2D eigenvalue weighted by Crippen LogP contribution is -1.90. The number of aromatic nitrogens is 2. The third-order valence-corrected chi connectivity index (χ3v) is 3.02. The SMILES string of the molecule is CCCCCCCCCCCc1ncc[n-]1. The first-order valence-electron chi connectivity index (χ1n) is 6.86. The lowest BCUT2D eigenvalue weighted by atomic mass is 10.1. The Balaban J connectivity index is 1.78. The molecule has 92 valence electrons. The average Bonchev–Trinajstić information content (AvgIpc) is 2.80. The predicted octanol–water partition coefficient (Wildman–Crippen LogP) is 4.11. The van der Waals surface area contributed by atoms with Gasteiger partial charge in [-0.15, -0.1) is 0 Å². The third kappa shape index (κ3) is 6.65. The molecule has 1 aromatic rings. The number of rotatable bonds is 10. The summed E-state index contributed by atoms with van der Waals surface area (Å²) in [5.41, 5.74) is 0. The molecule has 0 radical (unpaired) electrons. The van der Waals surface area contributed by atoms with Crippen LogP contribution in [0.1, 0.15) is 70.5 Å². The molecule has 2 nitrogen and oxygen atoms in total. The van der Waals surface area contributed by atoms with E-state index < -0.39 is 0 Å². The van der Waals surface area contributed by atoms with E-state index in [1.807, 2.05) is 0 Å². The van der Waals surface area contributed by atoms with E-state index in [0.717, 1.165) is 12.2 Å². The summed E-state index contributed by atoms with van der Waals surface area (Å²) in [6.07, 6.45) is 17.0. The van der Waals surface area contributed by atoms with Crippen molar-refractivity contribution in [2.45, 2.75) is 71.1 Å². The third-order valence-electron chi connectivity index (χ3n) is 3.02. The monoisotopic (exact) mass is 221 g/mol. The first kappa shape index (κ1) is 13.3. The predicted molar refractivity (Wildman–Crippen MR) is 68.5 cm³/mol. The quantitative estimate of drug-likeness (QED) is 0.556. The first-order valence-corrected chi connectivity index (χ1v) is 6.86. The van der Waals surface area contributed by atoms with Crippen LogP contribution in [0.4, 0.5) is 0 Å². The van der Waals surface area contributed by atoms with Gasteiger partial charge in [-0.2, -0.15) is 0 Å². The van der Waals surface area contributed by atoms with Crippen LogP contribution >= 0.6 is 0 Å². The highest BCUT2D eigenvalue weighted by molar-refractivity contribution is 4.85. The second-order valence-electron chi connectivity index (χ2n) is 4.55. The molecule has 0 aliphatic carbocycles. The molecule has 16 heavy (non-hydrogen) atoms. The zero-order valence-electron chi connectivity index (χ0n) is 10.6. The van der Waals surface area contributed by atoms with Crippen LogP contribution in [0.25, 0.3) is 0 Å². The molecule has 2 heteroatoms. The van der Waals surface area contributed by atoms with Crippen LogP contribution in [0.15, 0.2) is 12.4 Å². The van der Waals surface area contributed by atoms with Gasteiger partial charge >= 0.3 is 0 Å². The summed E-state index contributed by atoms with van der Waals surface area (Å²) in [4.78, 5) is 8.35. The van der Waals surface area contributed by atoms with E-state index in [2.05, 4.69) is 16.9 Å². The fraction of sp³-hybridized carbons (Fsp3) is 0.786. The molecule has 0 aliphatic rings. The smallest absolute Gasteiger partial charge is 0.0358 e. The Morgan fingerprint density at radius 3 is 2.12 bits per heavy atom. The van der Waals surface area contributed by atoms with Gasteiger partial charge in [0.2, 0.25) is 0 Å². The fourth-order valence-electron chi connectivity index (χ4n) is 1.99. The van der Waals surface area contributed by atoms with Crippen molar-refractivity contribution < 1.29 is 0 Å². The van der Waals surface area contributed by atoms with Crippen molar-refractivity contribution in [3.63, 3.8) is 0 Å². The molecule has 0 aromatic carbocycles. The number of nitrogens with zero attached hydrogens (tertiary/aromatic N) is 2. The molecular formula is C14H25N2-. The Bertz CT molecular complexity index is 229. The zero-order chi connectivity index (χ0) is 11.5. The highest BCUT2D eigenvalue weighted by atomic mass is 14.9. The molecule has 0 saturated carbocycles. The fourth-order valence-corrected chi connectivity index (χ4v) is 1.99. The molecule has 1 aromatic heterocycles. The summed E-state index contributed by atoms with van der Waals surface area (Å²) in [7, 11) is 0. The number of aryl methyl sites for hydroxylation is 1. The first-order chi connectivity index (χ1) is 7.93. The molecule has 0 N–H and O–H groups in total. The highest BCUT2D eigenvalue weighted by Gasteiger charge is 1.92. The van der Waals surface area contributed by atoms with Crippen molar-refractivity contribution in [3.8, 4) is 0 Å². The van der Waals surface area contributed by atoms with Gasteiger partial charge in [0.05, 0.1) is 0 Å². The van der Waals surface area contributed by atoms with Crippen LogP contribution in [-0.4, -0.2) is 4.98 Å². The maximum atomic E-state index is 4.17. The summed E-state index contributed by atoms with van der Waals surface area (Å²) >= 11 is 0. The van der Waals surface area contributed by atoms with E-state index in [9.17, 15) is 0 Å². The number of imidazole rings is 1. The molecule has 0 fully saturated rings. The van der Waals surface area contributed by atoms with E-state index in [4.69, 9.17) is 0 Å². The van der Waals surface area contributed by atoms with E-state index >= 15 is 0 Å². The summed E-state index contributed by atoms with van der Waals surface area (Å²) in [6.45, 7) is 2.27. The maximum absolute atomic E-state index is 4.17. The molecule has 0 atom stereocenters. The molecular weight excluding hydrogens is 196 g/mol. The van der Waals surface area contributed by atoms with Gasteiger partial charge < -0.3 is 9.97 Å². The minimum atomic E-state index is 1.02. The number of unbranched alkanes of at least 4 members (excludes halogenated alkanes) is 8. The molecule has 0 spiro atoms. The Morgan fingerprint density at radius 1 is 0.938 bits per heavy atom. The standard InChI is InChI=1S/C14H25N2/c1-2-3-4-5-6-7-8-9-10-11-14-15-12-13-16-14/h12-13H,2-11H2,1H3/q-1. The minimum absolute atomic E-state index is 1.02. The minimum Gasteiger partial charge on any atom is -0.446 e. The van der Waals surface area contributed by atoms with E-state index in [0.29, 0.717) is 0 Å². The van der Waals surface area contributed by atoms with Gasteiger partial charge in [0.1, 0.15) is 0 Å². The van der Waals surface area contributed by atoms with Crippen molar-refractivity contribution >= 4 is 0 Å². The topological polar surface area (TPSA) is 27.0 Å². The summed E-state index contributed by atoms with van der Waals surface area (Å²) in [5, 5.41) is 0. The van der Waals surface area contributed by atoms with Crippen molar-refractivity contribution in [2.75, 3.05) is 0 Å². The lowest BCUT2D eigenvalue weighted by Gasteiger charge is -2.04. The van der Waals surface area contributed by atoms with Crippen molar-refractivity contribution in [2.24, 2.45) is 0 Å². The summed E-state index contributed by atoms with van der Waals surface area (Å²) in [6, 6.07) is 0. The molecule has 0 unspecified atom stereocenters. The van der Waals surface area contributed by atoms with Crippen molar-refractivity contribution in [3.05, 3.63) is 18.2 Å². The van der Waals surface area contributed by atoms with Gasteiger partial charge in [0, 0.05) is 0 Å². The highest BCUT2D eigenvalue weighted by Crippen LogP contribution is 2.10. The molecule has 1 rings (SSSR count). The van der Waals surface area contributed by atoms with E-state index in [-0.39, 0.29) is 0 Å². The van der Waals surface area contributed by atoms with Crippen LogP contribution in [-0.2, 0) is 6.42 Å².